The first-order valence-corrected chi connectivity index (χ1v) is 17.8. The molecule has 266 valence electrons. The molecule has 0 fully saturated rings. The third kappa shape index (κ3) is 16.2. The second-order valence-corrected chi connectivity index (χ2v) is 11.9. The molecule has 8 nitrogen and oxygen atoms in total. The number of ether oxygens (including phenoxy) is 4. The van der Waals surface area contributed by atoms with Crippen molar-refractivity contribution in [3.63, 3.8) is 0 Å². The van der Waals surface area contributed by atoms with Crippen molar-refractivity contribution in [3.05, 3.63) is 119 Å². The van der Waals surface area contributed by atoms with Crippen LogP contribution in [0.1, 0.15) is 80.0 Å². The fourth-order valence-corrected chi connectivity index (χ4v) is 5.22. The van der Waals surface area contributed by atoms with Crippen molar-refractivity contribution in [1.82, 2.24) is 0 Å². The van der Waals surface area contributed by atoms with Gasteiger partial charge in [0.1, 0.15) is 23.0 Å². The molecular formula is C41H58N4O4. The normalized spacial score (nSPS) is 10.6. The largest absolute Gasteiger partial charge is 0.494 e. The Balaban J connectivity index is 0.000000276. The highest BCUT2D eigenvalue weighted by Crippen LogP contribution is 2.19. The number of hydrogen-bond donors (Lipinski definition) is 4. The van der Waals surface area contributed by atoms with E-state index in [2.05, 4.69) is 0 Å². The van der Waals surface area contributed by atoms with Gasteiger partial charge in [0, 0.05) is 43.7 Å². The average molecular weight is 671 g/mol. The molecule has 0 aliphatic rings. The molecule has 4 rings (SSSR count). The smallest absolute Gasteiger partial charge is 0.123 e. The maximum absolute atomic E-state index is 5.80. The fraction of sp³-hybridized carbons (Fsp3) is 0.415. The lowest BCUT2D eigenvalue weighted by Gasteiger charge is -2.12. The quantitative estimate of drug-likeness (QED) is 0.0591. The lowest BCUT2D eigenvalue weighted by atomic mass is 10.1. The average Bonchev–Trinajstić information content (AvgIpc) is 3.15. The summed E-state index contributed by atoms with van der Waals surface area (Å²) in [6.45, 7) is 4.86. The molecule has 0 bridgehead atoms. The molecule has 0 spiro atoms. The van der Waals surface area contributed by atoms with Crippen molar-refractivity contribution in [2.24, 2.45) is 22.9 Å². The van der Waals surface area contributed by atoms with Crippen LogP contribution in [0, 0.1) is 0 Å². The van der Waals surface area contributed by atoms with Crippen molar-refractivity contribution in [3.8, 4) is 23.0 Å². The van der Waals surface area contributed by atoms with Gasteiger partial charge in [-0.25, -0.2) is 0 Å². The highest BCUT2D eigenvalue weighted by molar-refractivity contribution is 5.34. The van der Waals surface area contributed by atoms with E-state index in [-0.39, 0.29) is 0 Å². The van der Waals surface area contributed by atoms with Crippen LogP contribution in [-0.4, -0.2) is 26.4 Å². The molecule has 4 aromatic rings. The summed E-state index contributed by atoms with van der Waals surface area (Å²) >= 11 is 0. The predicted octanol–water partition coefficient (Wildman–Crippen LogP) is 7.63. The maximum atomic E-state index is 5.80. The zero-order valence-electron chi connectivity index (χ0n) is 29.2. The Labute approximate surface area is 294 Å². The van der Waals surface area contributed by atoms with Gasteiger partial charge in [-0.3, -0.25) is 0 Å². The van der Waals surface area contributed by atoms with Crippen molar-refractivity contribution in [2.45, 2.75) is 84.0 Å². The minimum atomic E-state index is 0.483. The molecule has 0 aliphatic carbocycles. The van der Waals surface area contributed by atoms with Gasteiger partial charge in [0.05, 0.1) is 26.4 Å². The second kappa shape index (κ2) is 25.0. The van der Waals surface area contributed by atoms with E-state index < -0.39 is 0 Å². The topological polar surface area (TPSA) is 141 Å². The first-order valence-electron chi connectivity index (χ1n) is 17.8. The third-order valence-corrected chi connectivity index (χ3v) is 8.03. The number of benzene rings is 4. The molecule has 0 saturated carbocycles. The van der Waals surface area contributed by atoms with Crippen LogP contribution in [-0.2, 0) is 26.2 Å². The summed E-state index contributed by atoms with van der Waals surface area (Å²) < 4.78 is 23.1. The summed E-state index contributed by atoms with van der Waals surface area (Å²) in [4.78, 5) is 0. The van der Waals surface area contributed by atoms with E-state index in [4.69, 9.17) is 41.9 Å². The molecule has 0 atom stereocenters. The van der Waals surface area contributed by atoms with Crippen LogP contribution in [0.5, 0.6) is 23.0 Å². The van der Waals surface area contributed by atoms with Gasteiger partial charge in [0.15, 0.2) is 0 Å². The summed E-state index contributed by atoms with van der Waals surface area (Å²) in [5, 5.41) is 0. The summed E-state index contributed by atoms with van der Waals surface area (Å²) in [6.07, 6.45) is 10.7. The Kier molecular flexibility index (Phi) is 20.1. The van der Waals surface area contributed by atoms with E-state index >= 15 is 0 Å². The molecule has 49 heavy (non-hydrogen) atoms. The molecule has 8 N–H and O–H groups in total. The molecule has 0 heterocycles. The van der Waals surface area contributed by atoms with Crippen LogP contribution in [0.15, 0.2) is 97.1 Å². The SMILES string of the molecule is NCc1cccc(OCCCCCCCCCCOc2cccc(CN)c2)c1.NCc1ccccc1OCCCOc1ccccc1CN. The van der Waals surface area contributed by atoms with E-state index in [1.807, 2.05) is 97.1 Å². The summed E-state index contributed by atoms with van der Waals surface area (Å²) in [5.74, 6) is 3.56. The lowest BCUT2D eigenvalue weighted by Crippen LogP contribution is -2.08. The van der Waals surface area contributed by atoms with Crippen LogP contribution in [0.25, 0.3) is 0 Å². The van der Waals surface area contributed by atoms with E-state index in [9.17, 15) is 0 Å². The minimum Gasteiger partial charge on any atom is -0.494 e. The fourth-order valence-electron chi connectivity index (χ4n) is 5.22. The van der Waals surface area contributed by atoms with Gasteiger partial charge < -0.3 is 41.9 Å². The molecule has 0 radical (unpaired) electrons. The van der Waals surface area contributed by atoms with E-state index in [0.29, 0.717) is 39.4 Å². The zero-order chi connectivity index (χ0) is 34.8. The molecule has 0 amide bonds. The molecule has 0 saturated heterocycles. The van der Waals surface area contributed by atoms with Gasteiger partial charge in [-0.15, -0.1) is 0 Å². The number of para-hydroxylation sites is 2. The second-order valence-electron chi connectivity index (χ2n) is 11.9. The molecule has 4 aromatic carbocycles. The van der Waals surface area contributed by atoms with Gasteiger partial charge in [0.25, 0.3) is 0 Å². The van der Waals surface area contributed by atoms with Crippen molar-refractivity contribution < 1.29 is 18.9 Å². The van der Waals surface area contributed by atoms with Gasteiger partial charge in [-0.1, -0.05) is 99.2 Å². The minimum absolute atomic E-state index is 0.483. The molecule has 0 unspecified atom stereocenters. The Bertz CT molecular complexity index is 1330. The summed E-state index contributed by atoms with van der Waals surface area (Å²) in [7, 11) is 0. The molecule has 0 aliphatic heterocycles. The highest BCUT2D eigenvalue weighted by atomic mass is 16.5. The van der Waals surface area contributed by atoms with Gasteiger partial charge in [-0.2, -0.15) is 0 Å². The van der Waals surface area contributed by atoms with Gasteiger partial charge >= 0.3 is 0 Å². The number of unbranched alkanes of at least 4 members (excludes halogenated alkanes) is 7. The number of hydrogen-bond acceptors (Lipinski definition) is 8. The zero-order valence-corrected chi connectivity index (χ0v) is 29.2. The van der Waals surface area contributed by atoms with Crippen molar-refractivity contribution in [1.29, 1.82) is 0 Å². The molecule has 0 aromatic heterocycles. The lowest BCUT2D eigenvalue weighted by molar-refractivity contribution is 0.245. The predicted molar refractivity (Wildman–Crippen MR) is 201 cm³/mol. The number of rotatable bonds is 23. The number of nitrogens with two attached hydrogens (primary N) is 4. The monoisotopic (exact) mass is 670 g/mol. The Morgan fingerprint density at radius 3 is 1.14 bits per heavy atom. The maximum Gasteiger partial charge on any atom is 0.123 e. The van der Waals surface area contributed by atoms with Crippen LogP contribution in [0.4, 0.5) is 0 Å². The van der Waals surface area contributed by atoms with Crippen LogP contribution in [0.3, 0.4) is 0 Å². The van der Waals surface area contributed by atoms with Crippen LogP contribution in [0.2, 0.25) is 0 Å². The summed E-state index contributed by atoms with van der Waals surface area (Å²) in [6, 6.07) is 31.7. The first kappa shape index (κ1) is 39.4. The first-order chi connectivity index (χ1) is 24.2. The Hall–Kier alpha value is -4.08. The standard InChI is InChI=1S/C24H36N2O2.C17H22N2O2/c25-19-21-11-9-13-23(17-21)27-15-7-5-3-1-2-4-6-8-16-28-24-14-10-12-22(18-24)20-26;18-12-14-6-1-3-8-16(14)20-10-5-11-21-17-9-4-2-7-15(17)13-19/h9-14,17-18H,1-8,15-16,19-20,25-26H2;1-4,6-9H,5,10-13,18-19H2. The molecule has 8 heteroatoms. The van der Waals surface area contributed by atoms with Crippen molar-refractivity contribution in [2.75, 3.05) is 26.4 Å². The Morgan fingerprint density at radius 1 is 0.347 bits per heavy atom. The van der Waals surface area contributed by atoms with E-state index in [0.717, 1.165) is 77.7 Å². The van der Waals surface area contributed by atoms with E-state index in [1.165, 1.54) is 38.5 Å². The van der Waals surface area contributed by atoms with Crippen molar-refractivity contribution >= 4 is 0 Å². The molecular weight excluding hydrogens is 612 g/mol. The highest BCUT2D eigenvalue weighted by Gasteiger charge is 2.03. The van der Waals surface area contributed by atoms with E-state index in [1.54, 1.807) is 0 Å². The van der Waals surface area contributed by atoms with Crippen LogP contribution < -0.4 is 41.9 Å². The van der Waals surface area contributed by atoms with Gasteiger partial charge in [-0.05, 0) is 60.4 Å². The Morgan fingerprint density at radius 2 is 0.735 bits per heavy atom. The summed E-state index contributed by atoms with van der Waals surface area (Å²) in [5.41, 5.74) is 26.9. The van der Waals surface area contributed by atoms with Gasteiger partial charge in [0.2, 0.25) is 0 Å². The third-order valence-electron chi connectivity index (χ3n) is 8.03. The van der Waals surface area contributed by atoms with Crippen LogP contribution >= 0.6 is 0 Å².